The molecule has 3 amide bonds. The van der Waals surface area contributed by atoms with E-state index in [-0.39, 0.29) is 62.0 Å². The molecule has 0 atom stereocenters. The molecule has 5 N–H and O–H groups in total. The lowest BCUT2D eigenvalue weighted by Gasteiger charge is -2.15. The van der Waals surface area contributed by atoms with Crippen LogP contribution in [0.5, 0.6) is 11.8 Å². The number of hydrogen-bond donors (Lipinski definition) is 4. The van der Waals surface area contributed by atoms with Gasteiger partial charge in [0.1, 0.15) is 25.6 Å². The first-order valence-electron chi connectivity index (χ1n) is 20.2. The third kappa shape index (κ3) is 15.6. The Hall–Kier alpha value is -7.83. The minimum absolute atomic E-state index is 0.0839. The van der Waals surface area contributed by atoms with Gasteiger partial charge in [0.05, 0.1) is 39.3 Å². The Morgan fingerprint density at radius 3 is 1.61 bits per heavy atom. The van der Waals surface area contributed by atoms with E-state index in [1.807, 2.05) is 13.0 Å². The second kappa shape index (κ2) is 26.8. The van der Waals surface area contributed by atoms with Crippen LogP contribution in [0.2, 0.25) is 10.0 Å². The highest BCUT2D eigenvalue weighted by atomic mass is 35.5. The van der Waals surface area contributed by atoms with Gasteiger partial charge in [-0.15, -0.1) is 10.2 Å². The second-order valence-corrected chi connectivity index (χ2v) is 15.0. The molecule has 376 valence electrons. The first kappa shape index (κ1) is 55.8. The number of alkyl halides is 4. The number of ether oxygens (including phenoxy) is 2. The van der Waals surface area contributed by atoms with Gasteiger partial charge in [0.25, 0.3) is 35.8 Å². The molecule has 0 bridgehead atoms. The van der Waals surface area contributed by atoms with Crippen LogP contribution >= 0.6 is 34.8 Å². The lowest BCUT2D eigenvalue weighted by molar-refractivity contribution is 0.0792. The number of nitrogens with one attached hydrogen (secondary N) is 3. The normalized spacial score (nSPS) is 10.9. The van der Waals surface area contributed by atoms with Gasteiger partial charge in [-0.25, -0.2) is 36.9 Å². The zero-order chi connectivity index (χ0) is 52.4. The molecule has 0 aliphatic rings. The fourth-order valence-corrected chi connectivity index (χ4v) is 6.38. The van der Waals surface area contributed by atoms with Crippen molar-refractivity contribution >= 4 is 81.6 Å². The predicted molar refractivity (Wildman–Crippen MR) is 257 cm³/mol. The molecule has 0 saturated heterocycles. The van der Waals surface area contributed by atoms with Gasteiger partial charge in [-0.2, -0.15) is 0 Å². The highest BCUT2D eigenvalue weighted by Gasteiger charge is 2.24. The maximum absolute atomic E-state index is 13.3. The lowest BCUT2D eigenvalue weighted by atomic mass is 10.0. The van der Waals surface area contributed by atoms with E-state index >= 15 is 0 Å². The van der Waals surface area contributed by atoms with E-state index < -0.39 is 43.1 Å². The highest BCUT2D eigenvalue weighted by Crippen LogP contribution is 2.28. The molecule has 0 unspecified atom stereocenters. The van der Waals surface area contributed by atoms with E-state index in [9.17, 15) is 36.7 Å². The van der Waals surface area contributed by atoms with Crippen molar-refractivity contribution in [2.24, 2.45) is 10.3 Å². The molecule has 0 saturated carbocycles. The number of carbonyl (C=O) groups is 4. The summed E-state index contributed by atoms with van der Waals surface area (Å²) in [6, 6.07) is 15.3. The predicted octanol–water partition coefficient (Wildman–Crippen LogP) is 7.33. The van der Waals surface area contributed by atoms with E-state index in [4.69, 9.17) is 50.0 Å². The van der Waals surface area contributed by atoms with Gasteiger partial charge in [0.15, 0.2) is 24.8 Å². The first-order valence-corrected chi connectivity index (χ1v) is 21.3. The average Bonchev–Trinajstić information content (AvgIpc) is 3.98. The standard InChI is InChI=1S/C22H21ClF2N6O4.C11H7Cl2F2N3O2.C11H15N3O2/c1-12-7-13(10-28-34-3)8-14(21(32)26-2)19(12)29-22(33)16-9-18(35-11-17(24)25)30-31(16)20-15(23)5-4-6-27-20;12-6-2-1-3-16-11(6)18-7(10(13)19)4-9(17-18)20-5-8(14)15;1-7-4-8(6-14-16-3)5-9(10(7)12)11(15)13-2/h4-10,17H,11H2,1-3H3,(H,26,32)(H,29,33);1-4,8H,5H2;4-6H,12H2,1-3H3,(H,13,15). The third-order valence-corrected chi connectivity index (χ3v) is 9.75. The fourth-order valence-electron chi connectivity index (χ4n) is 5.84. The molecule has 6 aromatic rings. The van der Waals surface area contributed by atoms with Crippen molar-refractivity contribution < 1.29 is 55.9 Å². The molecule has 4 aromatic heterocycles. The van der Waals surface area contributed by atoms with Gasteiger partial charge >= 0.3 is 0 Å². The van der Waals surface area contributed by atoms with Crippen molar-refractivity contribution in [3.63, 3.8) is 0 Å². The van der Waals surface area contributed by atoms with Crippen LogP contribution in [0.25, 0.3) is 11.6 Å². The van der Waals surface area contributed by atoms with E-state index in [0.29, 0.717) is 22.4 Å². The lowest BCUT2D eigenvalue weighted by Crippen LogP contribution is -2.24. The monoisotopic (exact) mass is 1050 g/mol. The number of amides is 3. The summed E-state index contributed by atoms with van der Waals surface area (Å²) in [5.41, 5.74) is 9.65. The van der Waals surface area contributed by atoms with Crippen molar-refractivity contribution in [2.75, 3.05) is 52.6 Å². The number of aromatic nitrogens is 6. The zero-order valence-corrected chi connectivity index (χ0v) is 40.5. The summed E-state index contributed by atoms with van der Waals surface area (Å²) >= 11 is 17.6. The van der Waals surface area contributed by atoms with Gasteiger partial charge in [-0.1, -0.05) is 33.5 Å². The van der Waals surface area contributed by atoms with Gasteiger partial charge in [0, 0.05) is 44.3 Å². The zero-order valence-electron chi connectivity index (χ0n) is 38.2. The number of nitrogens with two attached hydrogens (primary N) is 1. The topological polar surface area (TPSA) is 253 Å². The summed E-state index contributed by atoms with van der Waals surface area (Å²) < 4.78 is 61.3. The van der Waals surface area contributed by atoms with Crippen LogP contribution in [-0.4, -0.2) is 119 Å². The molecular formula is C44H43Cl3F4N12O8. The Kier molecular flexibility index (Phi) is 21.0. The van der Waals surface area contributed by atoms with Crippen molar-refractivity contribution in [3.8, 4) is 23.4 Å². The van der Waals surface area contributed by atoms with Gasteiger partial charge in [-0.05, 0) is 96.2 Å². The molecular weight excluding hydrogens is 1010 g/mol. The molecule has 0 fully saturated rings. The number of halogens is 7. The number of hydrogen-bond acceptors (Lipinski definition) is 15. The Morgan fingerprint density at radius 1 is 0.704 bits per heavy atom. The van der Waals surface area contributed by atoms with E-state index in [1.165, 1.54) is 70.4 Å². The van der Waals surface area contributed by atoms with Gasteiger partial charge in [0.2, 0.25) is 11.8 Å². The Balaban J connectivity index is 0.000000256. The highest BCUT2D eigenvalue weighted by molar-refractivity contribution is 6.67. The number of carbonyl (C=O) groups excluding carboxylic acids is 4. The van der Waals surface area contributed by atoms with Crippen molar-refractivity contribution in [2.45, 2.75) is 26.7 Å². The Morgan fingerprint density at radius 2 is 1.15 bits per heavy atom. The summed E-state index contributed by atoms with van der Waals surface area (Å²) in [5.74, 6) is -1.56. The molecule has 0 spiro atoms. The molecule has 0 aliphatic carbocycles. The number of nitrogen functional groups attached to an aromatic ring is 1. The van der Waals surface area contributed by atoms with Crippen LogP contribution in [-0.2, 0) is 9.68 Å². The van der Waals surface area contributed by atoms with E-state index in [2.05, 4.69) is 56.1 Å². The van der Waals surface area contributed by atoms with Crippen LogP contribution in [0.1, 0.15) is 63.9 Å². The molecule has 0 aliphatic heterocycles. The number of rotatable bonds is 17. The van der Waals surface area contributed by atoms with Crippen LogP contribution in [0.15, 0.2) is 83.4 Å². The molecule has 27 heteroatoms. The third-order valence-electron chi connectivity index (χ3n) is 8.96. The maximum Gasteiger partial charge on any atom is 0.274 e. The summed E-state index contributed by atoms with van der Waals surface area (Å²) in [6.45, 7) is 1.77. The number of anilines is 2. The quantitative estimate of drug-likeness (QED) is 0.0230. The van der Waals surface area contributed by atoms with Crippen molar-refractivity contribution in [3.05, 3.63) is 128 Å². The molecule has 4 heterocycles. The number of oxime groups is 2. The van der Waals surface area contributed by atoms with E-state index in [1.54, 1.807) is 38.2 Å². The Bertz CT molecular complexity index is 2900. The number of aryl methyl sites for hydroxylation is 2. The summed E-state index contributed by atoms with van der Waals surface area (Å²) in [5, 5.41) is 22.5. The number of nitrogens with zero attached hydrogens (tertiary/aromatic N) is 8. The maximum atomic E-state index is 13.3. The molecule has 20 nitrogen and oxygen atoms in total. The second-order valence-electron chi connectivity index (χ2n) is 13.9. The number of pyridine rings is 2. The smallest absolute Gasteiger partial charge is 0.274 e. The summed E-state index contributed by atoms with van der Waals surface area (Å²) in [4.78, 5) is 66.1. The van der Waals surface area contributed by atoms with Crippen LogP contribution < -0.4 is 31.2 Å². The van der Waals surface area contributed by atoms with Gasteiger partial charge in [-0.3, -0.25) is 19.2 Å². The Labute approximate surface area is 417 Å². The molecule has 2 aromatic carbocycles. The van der Waals surface area contributed by atoms with Crippen LogP contribution in [0, 0.1) is 13.8 Å². The van der Waals surface area contributed by atoms with Crippen molar-refractivity contribution in [1.29, 1.82) is 0 Å². The molecule has 0 radical (unpaired) electrons. The minimum Gasteiger partial charge on any atom is -0.471 e. The van der Waals surface area contributed by atoms with E-state index in [0.717, 1.165) is 26.6 Å². The van der Waals surface area contributed by atoms with Crippen molar-refractivity contribution in [1.82, 2.24) is 40.2 Å². The fraction of sp³-hybridized carbons (Fsp3) is 0.227. The first-order chi connectivity index (χ1) is 33.8. The number of benzene rings is 2. The molecule has 71 heavy (non-hydrogen) atoms. The molecule has 6 rings (SSSR count). The largest absolute Gasteiger partial charge is 0.471 e. The SMILES string of the molecule is CNC(=O)c1cc(C=NOC)cc(C)c1N.CNC(=O)c1cc(C=NOC)cc(C)c1NC(=O)c1cc(OCC(F)F)nn1-c1ncccc1Cl.O=C(Cl)c1cc(OCC(F)F)nn1-c1ncccc1Cl. The van der Waals surface area contributed by atoms with Gasteiger partial charge < -0.3 is 40.8 Å². The average molecular weight is 1050 g/mol. The van der Waals surface area contributed by atoms with Crippen LogP contribution in [0.4, 0.5) is 28.9 Å². The summed E-state index contributed by atoms with van der Waals surface area (Å²) in [7, 11) is 5.85. The van der Waals surface area contributed by atoms with Crippen LogP contribution in [0.3, 0.4) is 0 Å². The minimum atomic E-state index is -2.74. The summed E-state index contributed by atoms with van der Waals surface area (Å²) in [6.07, 6.45) is 0.403.